The summed E-state index contributed by atoms with van der Waals surface area (Å²) in [7, 11) is 0. The predicted octanol–water partition coefficient (Wildman–Crippen LogP) is 3.81. The van der Waals surface area contributed by atoms with Gasteiger partial charge in [-0.25, -0.2) is 0 Å². The topological polar surface area (TPSA) is 46.2 Å². The maximum absolute atomic E-state index is 10.6. The van der Waals surface area contributed by atoms with Crippen LogP contribution < -0.4 is 5.73 Å². The van der Waals surface area contributed by atoms with Crippen molar-refractivity contribution in [3.05, 3.63) is 59.2 Å². The minimum atomic E-state index is -0.413. The van der Waals surface area contributed by atoms with E-state index in [4.69, 9.17) is 5.73 Å². The van der Waals surface area contributed by atoms with E-state index in [2.05, 4.69) is 42.5 Å². The van der Waals surface area contributed by atoms with Crippen LogP contribution in [0.5, 0.6) is 0 Å². The summed E-state index contributed by atoms with van der Waals surface area (Å²) in [4.78, 5) is 0. The van der Waals surface area contributed by atoms with Crippen LogP contribution in [0.2, 0.25) is 0 Å². The average molecular weight is 293 g/mol. The maximum Gasteiger partial charge on any atom is 0.0760 e. The highest BCUT2D eigenvalue weighted by molar-refractivity contribution is 5.77. The van der Waals surface area contributed by atoms with E-state index in [0.29, 0.717) is 5.92 Å². The van der Waals surface area contributed by atoms with Gasteiger partial charge in [0.2, 0.25) is 0 Å². The number of fused-ring (bicyclic) bond motifs is 3. The lowest BCUT2D eigenvalue weighted by Crippen LogP contribution is -2.32. The minimum Gasteiger partial charge on any atom is -0.391 e. The smallest absolute Gasteiger partial charge is 0.0760 e. The Balaban J connectivity index is 1.61. The third-order valence-corrected chi connectivity index (χ3v) is 5.45. The molecule has 2 aromatic rings. The van der Waals surface area contributed by atoms with Crippen LogP contribution in [-0.2, 0) is 6.42 Å². The molecule has 2 aliphatic carbocycles. The Morgan fingerprint density at radius 1 is 0.955 bits per heavy atom. The molecule has 2 heteroatoms. The van der Waals surface area contributed by atoms with Crippen molar-refractivity contribution < 1.29 is 5.11 Å². The molecule has 0 spiro atoms. The highest BCUT2D eigenvalue weighted by Crippen LogP contribution is 2.38. The van der Waals surface area contributed by atoms with Crippen molar-refractivity contribution in [3.63, 3.8) is 0 Å². The van der Waals surface area contributed by atoms with Crippen molar-refractivity contribution in [1.29, 1.82) is 0 Å². The second kappa shape index (κ2) is 5.53. The molecule has 0 radical (unpaired) electrons. The first-order valence-corrected chi connectivity index (χ1v) is 8.39. The molecule has 0 aliphatic heterocycles. The number of nitrogens with two attached hydrogens (primary N) is 1. The Labute approximate surface area is 132 Å². The number of benzene rings is 2. The zero-order valence-corrected chi connectivity index (χ0v) is 12.8. The molecule has 0 bridgehead atoms. The number of aliphatic hydroxyl groups is 1. The summed E-state index contributed by atoms with van der Waals surface area (Å²) in [5.41, 5.74) is 12.8. The summed E-state index contributed by atoms with van der Waals surface area (Å²) in [6.45, 7) is 0. The van der Waals surface area contributed by atoms with Crippen molar-refractivity contribution in [1.82, 2.24) is 0 Å². The van der Waals surface area contributed by atoms with E-state index in [1.807, 2.05) is 0 Å². The Morgan fingerprint density at radius 2 is 1.68 bits per heavy atom. The van der Waals surface area contributed by atoms with Crippen LogP contribution in [-0.4, -0.2) is 11.2 Å². The van der Waals surface area contributed by atoms with Gasteiger partial charge in [-0.1, -0.05) is 55.3 Å². The molecule has 0 amide bonds. The van der Waals surface area contributed by atoms with Gasteiger partial charge >= 0.3 is 0 Å². The van der Waals surface area contributed by atoms with E-state index in [1.54, 1.807) is 0 Å². The van der Waals surface area contributed by atoms with Crippen LogP contribution in [0.3, 0.4) is 0 Å². The first-order valence-electron chi connectivity index (χ1n) is 8.39. The van der Waals surface area contributed by atoms with Gasteiger partial charge in [0.15, 0.2) is 0 Å². The quantitative estimate of drug-likeness (QED) is 0.771. The molecule has 2 atom stereocenters. The van der Waals surface area contributed by atoms with E-state index in [1.165, 1.54) is 35.1 Å². The molecule has 2 aliphatic rings. The van der Waals surface area contributed by atoms with E-state index in [-0.39, 0.29) is 6.04 Å². The van der Waals surface area contributed by atoms with Crippen molar-refractivity contribution in [3.8, 4) is 11.1 Å². The molecule has 2 aromatic carbocycles. The number of hydrogen-bond donors (Lipinski definition) is 2. The Hall–Kier alpha value is -1.64. The van der Waals surface area contributed by atoms with Gasteiger partial charge in [-0.15, -0.1) is 0 Å². The predicted molar refractivity (Wildman–Crippen MR) is 89.6 cm³/mol. The lowest BCUT2D eigenvalue weighted by atomic mass is 9.89. The van der Waals surface area contributed by atoms with E-state index in [0.717, 1.165) is 24.8 Å². The second-order valence-corrected chi connectivity index (χ2v) is 6.81. The van der Waals surface area contributed by atoms with E-state index in [9.17, 15) is 5.11 Å². The monoisotopic (exact) mass is 293 g/mol. The molecule has 1 saturated carbocycles. The molecule has 2 nitrogen and oxygen atoms in total. The van der Waals surface area contributed by atoms with Gasteiger partial charge in [0.05, 0.1) is 12.1 Å². The fourth-order valence-corrected chi connectivity index (χ4v) is 4.16. The molecule has 22 heavy (non-hydrogen) atoms. The van der Waals surface area contributed by atoms with Crippen molar-refractivity contribution in [2.75, 3.05) is 0 Å². The highest BCUT2D eigenvalue weighted by atomic mass is 16.3. The first-order chi connectivity index (χ1) is 10.7. The van der Waals surface area contributed by atoms with E-state index >= 15 is 0 Å². The maximum atomic E-state index is 10.6. The lowest BCUT2D eigenvalue weighted by Gasteiger charge is -2.25. The Kier molecular flexibility index (Phi) is 3.51. The highest BCUT2D eigenvalue weighted by Gasteiger charge is 2.29. The second-order valence-electron chi connectivity index (χ2n) is 6.81. The molecule has 3 N–H and O–H groups in total. The molecule has 114 valence electrons. The third kappa shape index (κ3) is 2.27. The summed E-state index contributed by atoms with van der Waals surface area (Å²) in [6.07, 6.45) is 5.26. The molecule has 0 unspecified atom stereocenters. The summed E-state index contributed by atoms with van der Waals surface area (Å²) in [6, 6.07) is 14.8. The standard InChI is InChI=1S/C20H23NO/c21-19(20(22)13-5-1-2-6-13)15-9-10-18-16(12-15)11-14-7-3-4-8-17(14)18/h3-4,7-10,12-13,19-20,22H,1-2,5-6,11,21H2/t19-,20+/m0/s1. The molecule has 0 saturated heterocycles. The number of hydrogen-bond acceptors (Lipinski definition) is 2. The van der Waals surface area contributed by atoms with Gasteiger partial charge < -0.3 is 10.8 Å². The van der Waals surface area contributed by atoms with Crippen molar-refractivity contribution >= 4 is 0 Å². The van der Waals surface area contributed by atoms with Crippen LogP contribution in [0.25, 0.3) is 11.1 Å². The largest absolute Gasteiger partial charge is 0.391 e. The number of aliphatic hydroxyl groups excluding tert-OH is 1. The molecular formula is C20H23NO. The molecule has 0 aromatic heterocycles. The van der Waals surface area contributed by atoms with Gasteiger partial charge in [-0.2, -0.15) is 0 Å². The van der Waals surface area contributed by atoms with Gasteiger partial charge in [0, 0.05) is 0 Å². The fraction of sp³-hybridized carbons (Fsp3) is 0.400. The SMILES string of the molecule is N[C@@H](c1ccc2c(c1)Cc1ccccc1-2)[C@H](O)C1CCCC1. The molecular weight excluding hydrogens is 270 g/mol. The lowest BCUT2D eigenvalue weighted by molar-refractivity contribution is 0.0845. The van der Waals surface area contributed by atoms with Gasteiger partial charge in [0.1, 0.15) is 0 Å². The normalized spacial score (nSPS) is 19.7. The summed E-state index contributed by atoms with van der Waals surface area (Å²) in [5, 5.41) is 10.6. The molecule has 1 fully saturated rings. The van der Waals surface area contributed by atoms with Crippen LogP contribution in [0.15, 0.2) is 42.5 Å². The zero-order chi connectivity index (χ0) is 15.1. The summed E-state index contributed by atoms with van der Waals surface area (Å²) in [5.74, 6) is 0.375. The summed E-state index contributed by atoms with van der Waals surface area (Å²) >= 11 is 0. The van der Waals surface area contributed by atoms with Crippen LogP contribution in [0.1, 0.15) is 48.4 Å². The van der Waals surface area contributed by atoms with Crippen LogP contribution in [0.4, 0.5) is 0 Å². The minimum absolute atomic E-state index is 0.267. The average Bonchev–Trinajstić information content (AvgIpc) is 3.20. The zero-order valence-electron chi connectivity index (χ0n) is 12.8. The van der Waals surface area contributed by atoms with Crippen LogP contribution >= 0.6 is 0 Å². The molecule has 0 heterocycles. The fourth-order valence-electron chi connectivity index (χ4n) is 4.16. The van der Waals surface area contributed by atoms with Crippen LogP contribution in [0, 0.1) is 5.92 Å². The van der Waals surface area contributed by atoms with Crippen molar-refractivity contribution in [2.45, 2.75) is 44.2 Å². The first kappa shape index (κ1) is 14.0. The Bertz CT molecular complexity index is 688. The van der Waals surface area contributed by atoms with Gasteiger partial charge in [0.25, 0.3) is 0 Å². The molecule has 4 rings (SSSR count). The Morgan fingerprint density at radius 3 is 2.50 bits per heavy atom. The van der Waals surface area contributed by atoms with E-state index < -0.39 is 6.10 Å². The summed E-state index contributed by atoms with van der Waals surface area (Å²) < 4.78 is 0. The third-order valence-electron chi connectivity index (χ3n) is 5.45. The number of rotatable bonds is 3. The van der Waals surface area contributed by atoms with Crippen molar-refractivity contribution in [2.24, 2.45) is 11.7 Å². The van der Waals surface area contributed by atoms with Gasteiger partial charge in [-0.3, -0.25) is 0 Å². The van der Waals surface area contributed by atoms with Gasteiger partial charge in [-0.05, 0) is 53.0 Å².